The summed E-state index contributed by atoms with van der Waals surface area (Å²) in [4.78, 5) is 28.8. The highest BCUT2D eigenvalue weighted by atomic mass is 35.5. The molecule has 0 amide bonds. The van der Waals surface area contributed by atoms with Crippen LogP contribution in [0.3, 0.4) is 0 Å². The van der Waals surface area contributed by atoms with Gasteiger partial charge in [0.05, 0.1) is 11.6 Å². The molecule has 2 aromatic rings. The monoisotopic (exact) mass is 589 g/mol. The molecule has 7 nitrogen and oxygen atoms in total. The second kappa shape index (κ2) is 11.0. The van der Waals surface area contributed by atoms with Crippen LogP contribution in [0.2, 0.25) is 10.0 Å². The Kier molecular flexibility index (Phi) is 7.82. The van der Waals surface area contributed by atoms with Crippen molar-refractivity contribution < 1.29 is 26.9 Å². The van der Waals surface area contributed by atoms with E-state index in [2.05, 4.69) is 4.90 Å². The first kappa shape index (κ1) is 27.7. The summed E-state index contributed by atoms with van der Waals surface area (Å²) in [6.07, 6.45) is 3.86. The van der Waals surface area contributed by atoms with Gasteiger partial charge in [-0.3, -0.25) is 9.59 Å². The third-order valence-electron chi connectivity index (χ3n) is 7.36. The molecule has 0 N–H and O–H groups in total. The maximum atomic E-state index is 13.4. The normalized spacial score (nSPS) is 18.3. The lowest BCUT2D eigenvalue weighted by Gasteiger charge is -2.43. The molecule has 0 saturated carbocycles. The number of halogens is 2. The molecule has 2 aliphatic carbocycles. The Morgan fingerprint density at radius 3 is 2.03 bits per heavy atom. The van der Waals surface area contributed by atoms with Gasteiger partial charge in [0.1, 0.15) is 4.90 Å². The molecule has 39 heavy (non-hydrogen) atoms. The van der Waals surface area contributed by atoms with E-state index >= 15 is 0 Å². The Balaban J connectivity index is 1.65. The highest BCUT2D eigenvalue weighted by Crippen LogP contribution is 2.51. The summed E-state index contributed by atoms with van der Waals surface area (Å²) in [5.74, 6) is -0.603. The average Bonchev–Trinajstić information content (AvgIpc) is 2.90. The highest BCUT2D eigenvalue weighted by Gasteiger charge is 2.43. The topological polar surface area (TPSA) is 90.0 Å². The summed E-state index contributed by atoms with van der Waals surface area (Å²) in [6, 6.07) is 8.82. The van der Waals surface area contributed by atoms with Gasteiger partial charge in [0, 0.05) is 52.9 Å². The molecule has 0 radical (unpaired) electrons. The van der Waals surface area contributed by atoms with Crippen LogP contribution < -0.4 is 8.92 Å². The van der Waals surface area contributed by atoms with Crippen LogP contribution in [0.1, 0.15) is 63.9 Å². The third kappa shape index (κ3) is 5.10. The smallest absolute Gasteiger partial charge is 0.339 e. The molecule has 0 atom stereocenters. The van der Waals surface area contributed by atoms with Gasteiger partial charge in [-0.05, 0) is 81.5 Å². The van der Waals surface area contributed by atoms with Gasteiger partial charge in [0.15, 0.2) is 17.3 Å². The Hall–Kier alpha value is -2.81. The van der Waals surface area contributed by atoms with Crippen LogP contribution in [-0.4, -0.2) is 38.0 Å². The molecule has 0 unspecified atom stereocenters. The first-order chi connectivity index (χ1) is 18.7. The minimum absolute atomic E-state index is 0.00206. The maximum Gasteiger partial charge on any atom is 0.339 e. The van der Waals surface area contributed by atoms with Crippen LogP contribution >= 0.6 is 23.2 Å². The van der Waals surface area contributed by atoms with Crippen LogP contribution in [-0.2, 0) is 19.7 Å². The summed E-state index contributed by atoms with van der Waals surface area (Å²) < 4.78 is 37.4. The van der Waals surface area contributed by atoms with Gasteiger partial charge in [-0.1, -0.05) is 23.2 Å². The van der Waals surface area contributed by atoms with E-state index in [0.717, 1.165) is 37.1 Å². The largest absolute Gasteiger partial charge is 0.490 e. The van der Waals surface area contributed by atoms with E-state index in [4.69, 9.17) is 32.1 Å². The molecule has 1 aliphatic heterocycles. The van der Waals surface area contributed by atoms with Crippen LogP contribution in [0, 0.1) is 0 Å². The van der Waals surface area contributed by atoms with Crippen molar-refractivity contribution in [2.24, 2.45) is 0 Å². The number of hydrogen-bond donors (Lipinski definition) is 0. The number of allylic oxidation sites excluding steroid dienone is 4. The summed E-state index contributed by atoms with van der Waals surface area (Å²) in [5, 5.41) is 0.388. The molecule has 1 heterocycles. The van der Waals surface area contributed by atoms with Crippen molar-refractivity contribution in [2.75, 3.05) is 13.2 Å². The quantitative estimate of drug-likeness (QED) is 0.336. The van der Waals surface area contributed by atoms with Gasteiger partial charge in [0.25, 0.3) is 0 Å². The average molecular weight is 591 g/mol. The van der Waals surface area contributed by atoms with Gasteiger partial charge in [-0.15, -0.1) is 0 Å². The summed E-state index contributed by atoms with van der Waals surface area (Å²) >= 11 is 12.6. The first-order valence-corrected chi connectivity index (χ1v) is 15.3. The van der Waals surface area contributed by atoms with Crippen molar-refractivity contribution in [3.63, 3.8) is 0 Å². The fourth-order valence-corrected chi connectivity index (χ4v) is 7.18. The van der Waals surface area contributed by atoms with Gasteiger partial charge in [-0.25, -0.2) is 0 Å². The van der Waals surface area contributed by atoms with Crippen molar-refractivity contribution in [2.45, 2.75) is 63.2 Å². The number of nitrogens with zero attached hydrogens (tertiary/aromatic N) is 1. The zero-order chi connectivity index (χ0) is 27.9. The Bertz CT molecular complexity index is 1470. The molecule has 0 bridgehead atoms. The molecule has 10 heteroatoms. The maximum absolute atomic E-state index is 13.4. The molecule has 0 fully saturated rings. The standard InChI is InChI=1S/C29H29Cl2NO6S/c1-3-32-21-7-5-9-23(33)27(21)26(28-22(32)8-6-10-24(28)34)17-15-20(31)29(25(16-17)37-4-2)38-39(35,36)19-13-11-18(30)12-14-19/h11-16,26H,3-10H2,1-2H3. The molecule has 0 saturated heterocycles. The van der Waals surface area contributed by atoms with Gasteiger partial charge < -0.3 is 13.8 Å². The molecule has 3 aliphatic rings. The van der Waals surface area contributed by atoms with Crippen molar-refractivity contribution >= 4 is 44.9 Å². The molecular weight excluding hydrogens is 561 g/mol. The summed E-state index contributed by atoms with van der Waals surface area (Å²) in [5.41, 5.74) is 3.77. The Morgan fingerprint density at radius 1 is 0.897 bits per heavy atom. The SMILES string of the molecule is CCOc1cc(C2C3=C(CCCC3=O)N(CC)C3=C2C(=O)CCC3)cc(Cl)c1OS(=O)(=O)c1ccc(Cl)cc1. The number of hydrogen-bond acceptors (Lipinski definition) is 7. The third-order valence-corrected chi connectivity index (χ3v) is 9.13. The lowest BCUT2D eigenvalue weighted by molar-refractivity contribution is -0.117. The van der Waals surface area contributed by atoms with Crippen molar-refractivity contribution in [1.29, 1.82) is 0 Å². The number of carbonyl (C=O) groups is 2. The predicted octanol–water partition coefficient (Wildman–Crippen LogP) is 6.59. The van der Waals surface area contributed by atoms with E-state index in [-0.39, 0.29) is 39.6 Å². The molecule has 2 aromatic carbocycles. The lowest BCUT2D eigenvalue weighted by Crippen LogP contribution is -2.39. The highest BCUT2D eigenvalue weighted by molar-refractivity contribution is 7.87. The molecular formula is C29H29Cl2NO6S. The Morgan fingerprint density at radius 2 is 1.49 bits per heavy atom. The van der Waals surface area contributed by atoms with Gasteiger partial charge in [-0.2, -0.15) is 8.42 Å². The van der Waals surface area contributed by atoms with Crippen LogP contribution in [0.15, 0.2) is 63.8 Å². The van der Waals surface area contributed by atoms with Crippen molar-refractivity contribution in [1.82, 2.24) is 4.90 Å². The van der Waals surface area contributed by atoms with E-state index in [9.17, 15) is 18.0 Å². The predicted molar refractivity (Wildman–Crippen MR) is 149 cm³/mol. The summed E-state index contributed by atoms with van der Waals surface area (Å²) in [6.45, 7) is 4.68. The fourth-order valence-electron chi connectivity index (χ4n) is 5.79. The molecule has 206 valence electrons. The second-order valence-electron chi connectivity index (χ2n) is 9.71. The number of carbonyl (C=O) groups excluding carboxylic acids is 2. The summed E-state index contributed by atoms with van der Waals surface area (Å²) in [7, 11) is -4.25. The van der Waals surface area contributed by atoms with Crippen LogP contribution in [0.5, 0.6) is 11.5 Å². The zero-order valence-electron chi connectivity index (χ0n) is 21.8. The first-order valence-electron chi connectivity index (χ1n) is 13.1. The minimum Gasteiger partial charge on any atom is -0.490 e. The van der Waals surface area contributed by atoms with Crippen molar-refractivity contribution in [3.05, 3.63) is 74.5 Å². The zero-order valence-corrected chi connectivity index (χ0v) is 24.1. The van der Waals surface area contributed by atoms with Crippen LogP contribution in [0.25, 0.3) is 0 Å². The number of benzene rings is 2. The number of ketones is 2. The van der Waals surface area contributed by atoms with E-state index < -0.39 is 16.0 Å². The van der Waals surface area contributed by atoms with E-state index in [1.807, 2.05) is 6.92 Å². The number of rotatable bonds is 7. The van der Waals surface area contributed by atoms with E-state index in [1.165, 1.54) is 24.3 Å². The molecule has 5 rings (SSSR count). The molecule has 0 spiro atoms. The lowest BCUT2D eigenvalue weighted by atomic mass is 9.71. The fraction of sp³-hybridized carbons (Fsp3) is 0.379. The van der Waals surface area contributed by atoms with E-state index in [1.54, 1.807) is 19.1 Å². The van der Waals surface area contributed by atoms with Crippen molar-refractivity contribution in [3.8, 4) is 11.5 Å². The van der Waals surface area contributed by atoms with E-state index in [0.29, 0.717) is 41.1 Å². The minimum atomic E-state index is -4.25. The molecule has 0 aromatic heterocycles. The second-order valence-corrected chi connectivity index (χ2v) is 12.1. The van der Waals surface area contributed by atoms with Gasteiger partial charge in [0.2, 0.25) is 5.75 Å². The number of ether oxygens (including phenoxy) is 1. The van der Waals surface area contributed by atoms with Crippen LogP contribution in [0.4, 0.5) is 0 Å². The Labute approximate surface area is 238 Å². The van der Waals surface area contributed by atoms with Gasteiger partial charge >= 0.3 is 10.1 Å². The number of Topliss-reactive ketones (excluding diaryl/α,β-unsaturated/α-hetero) is 2.